The minimum atomic E-state index is -0.146. The lowest BCUT2D eigenvalue weighted by Gasteiger charge is -2.47. The van der Waals surface area contributed by atoms with Crippen molar-refractivity contribution >= 4 is 23.4 Å². The van der Waals surface area contributed by atoms with Crippen LogP contribution < -0.4 is 5.43 Å². The van der Waals surface area contributed by atoms with Crippen LogP contribution in [0.3, 0.4) is 0 Å². The third kappa shape index (κ3) is 4.00. The number of carbonyl (C=O) groups excluding carboxylic acids is 3. The van der Waals surface area contributed by atoms with Crippen LogP contribution in [0, 0.1) is 5.92 Å². The molecule has 0 aromatic rings. The summed E-state index contributed by atoms with van der Waals surface area (Å²) in [4.78, 5) is 39.9. The van der Waals surface area contributed by atoms with E-state index in [0.29, 0.717) is 50.6 Å². The van der Waals surface area contributed by atoms with Crippen molar-refractivity contribution in [2.45, 2.75) is 44.6 Å². The number of rotatable bonds is 5. The molecule has 138 valence electrons. The third-order valence-electron chi connectivity index (χ3n) is 5.33. The highest BCUT2D eigenvalue weighted by molar-refractivity contribution is 6.39. The molecule has 3 heterocycles. The summed E-state index contributed by atoms with van der Waals surface area (Å²) in [5.74, 6) is 0.308. The summed E-state index contributed by atoms with van der Waals surface area (Å²) in [6, 6.07) is 0.218. The molecule has 1 N–H and O–H groups in total. The Hall–Kier alpha value is -1.96. The SMILES string of the molecule is COCCCN1C(=O)CCC2CN(C(=O)C3=NNC(=O)CC3)CCC21. The lowest BCUT2D eigenvalue weighted by atomic mass is 9.83. The van der Waals surface area contributed by atoms with Gasteiger partial charge >= 0.3 is 0 Å². The van der Waals surface area contributed by atoms with E-state index >= 15 is 0 Å². The largest absolute Gasteiger partial charge is 0.385 e. The minimum Gasteiger partial charge on any atom is -0.385 e. The van der Waals surface area contributed by atoms with Crippen LogP contribution in [0.25, 0.3) is 0 Å². The molecule has 0 spiro atoms. The van der Waals surface area contributed by atoms with E-state index in [4.69, 9.17) is 4.74 Å². The van der Waals surface area contributed by atoms with Crippen LogP contribution in [0.4, 0.5) is 0 Å². The topological polar surface area (TPSA) is 91.3 Å². The Labute approximate surface area is 147 Å². The smallest absolute Gasteiger partial charge is 0.270 e. The Morgan fingerprint density at radius 3 is 2.84 bits per heavy atom. The Kier molecular flexibility index (Phi) is 5.67. The van der Waals surface area contributed by atoms with Gasteiger partial charge in [0.1, 0.15) is 5.71 Å². The molecule has 3 aliphatic heterocycles. The van der Waals surface area contributed by atoms with E-state index in [1.807, 2.05) is 9.80 Å². The van der Waals surface area contributed by atoms with E-state index in [-0.39, 0.29) is 23.8 Å². The molecule has 0 aromatic carbocycles. The van der Waals surface area contributed by atoms with E-state index in [1.54, 1.807) is 7.11 Å². The van der Waals surface area contributed by atoms with Crippen LogP contribution >= 0.6 is 0 Å². The van der Waals surface area contributed by atoms with Crippen LogP contribution in [0.2, 0.25) is 0 Å². The molecular formula is C17H26N4O4. The second-order valence-electron chi connectivity index (χ2n) is 6.93. The quantitative estimate of drug-likeness (QED) is 0.714. The summed E-state index contributed by atoms with van der Waals surface area (Å²) >= 11 is 0. The highest BCUT2D eigenvalue weighted by atomic mass is 16.5. The first-order valence-corrected chi connectivity index (χ1v) is 9.03. The number of nitrogens with zero attached hydrogens (tertiary/aromatic N) is 3. The number of hydrogen-bond donors (Lipinski definition) is 1. The third-order valence-corrected chi connectivity index (χ3v) is 5.33. The zero-order valence-electron chi connectivity index (χ0n) is 14.7. The Bertz CT molecular complexity index is 577. The van der Waals surface area contributed by atoms with Gasteiger partial charge in [0, 0.05) is 58.7 Å². The summed E-state index contributed by atoms with van der Waals surface area (Å²) in [7, 11) is 1.67. The number of likely N-dealkylation sites (tertiary alicyclic amines) is 2. The average molecular weight is 350 g/mol. The first-order valence-electron chi connectivity index (χ1n) is 9.03. The zero-order valence-corrected chi connectivity index (χ0v) is 14.7. The van der Waals surface area contributed by atoms with Gasteiger partial charge in [0.15, 0.2) is 0 Å². The molecule has 0 aliphatic carbocycles. The molecule has 2 fully saturated rings. The molecule has 2 atom stereocenters. The standard InChI is InChI=1S/C17H26N4O4/c1-25-10-2-8-21-14-7-9-20(11-12(14)3-6-16(21)23)17(24)13-4-5-15(22)19-18-13/h12,14H,2-11H2,1H3,(H,19,22). The molecule has 8 heteroatoms. The number of carbonyl (C=O) groups is 3. The Balaban J connectivity index is 1.60. The number of amides is 3. The van der Waals surface area contributed by atoms with E-state index in [2.05, 4.69) is 10.5 Å². The van der Waals surface area contributed by atoms with Gasteiger partial charge in [-0.2, -0.15) is 5.10 Å². The number of methoxy groups -OCH3 is 1. The van der Waals surface area contributed by atoms with E-state index in [0.717, 1.165) is 25.8 Å². The fourth-order valence-electron chi connectivity index (χ4n) is 4.02. The molecule has 2 unspecified atom stereocenters. The number of fused-ring (bicyclic) bond motifs is 1. The molecule has 2 saturated heterocycles. The summed E-state index contributed by atoms with van der Waals surface area (Å²) in [6.07, 6.45) is 3.73. The number of nitrogens with one attached hydrogen (secondary N) is 1. The van der Waals surface area contributed by atoms with Gasteiger partial charge in [-0.15, -0.1) is 0 Å². The van der Waals surface area contributed by atoms with Gasteiger partial charge in [0.2, 0.25) is 11.8 Å². The molecule has 0 bridgehead atoms. The molecule has 3 aliphatic rings. The summed E-state index contributed by atoms with van der Waals surface area (Å²) in [5.41, 5.74) is 2.82. The van der Waals surface area contributed by atoms with Gasteiger partial charge in [-0.25, -0.2) is 5.43 Å². The van der Waals surface area contributed by atoms with Gasteiger partial charge in [-0.05, 0) is 25.2 Å². The molecule has 3 rings (SSSR count). The van der Waals surface area contributed by atoms with Crippen molar-refractivity contribution in [2.24, 2.45) is 11.0 Å². The van der Waals surface area contributed by atoms with Crippen LogP contribution in [0.1, 0.15) is 38.5 Å². The molecular weight excluding hydrogens is 324 g/mol. The van der Waals surface area contributed by atoms with Crippen molar-refractivity contribution in [3.8, 4) is 0 Å². The summed E-state index contributed by atoms with van der Waals surface area (Å²) in [6.45, 7) is 2.66. The van der Waals surface area contributed by atoms with Gasteiger partial charge in [0.05, 0.1) is 0 Å². The van der Waals surface area contributed by atoms with E-state index < -0.39 is 0 Å². The van der Waals surface area contributed by atoms with Crippen molar-refractivity contribution in [1.82, 2.24) is 15.2 Å². The number of ether oxygens (including phenoxy) is 1. The van der Waals surface area contributed by atoms with Crippen LogP contribution in [0.15, 0.2) is 5.10 Å². The van der Waals surface area contributed by atoms with Crippen molar-refractivity contribution in [3.63, 3.8) is 0 Å². The highest BCUT2D eigenvalue weighted by Gasteiger charge is 2.40. The maximum atomic E-state index is 12.6. The molecule has 8 nitrogen and oxygen atoms in total. The van der Waals surface area contributed by atoms with Gasteiger partial charge in [0.25, 0.3) is 5.91 Å². The molecule has 0 saturated carbocycles. The normalized spacial score (nSPS) is 26.8. The fourth-order valence-corrected chi connectivity index (χ4v) is 4.02. The highest BCUT2D eigenvalue weighted by Crippen LogP contribution is 2.31. The second-order valence-corrected chi connectivity index (χ2v) is 6.93. The van der Waals surface area contributed by atoms with Gasteiger partial charge < -0.3 is 14.5 Å². The van der Waals surface area contributed by atoms with Crippen molar-refractivity contribution in [1.29, 1.82) is 0 Å². The fraction of sp³-hybridized carbons (Fsp3) is 0.765. The van der Waals surface area contributed by atoms with Crippen LogP contribution in [-0.4, -0.2) is 72.6 Å². The molecule has 0 aromatic heterocycles. The summed E-state index contributed by atoms with van der Waals surface area (Å²) in [5, 5.41) is 3.91. The molecule has 3 amide bonds. The summed E-state index contributed by atoms with van der Waals surface area (Å²) < 4.78 is 5.09. The van der Waals surface area contributed by atoms with Gasteiger partial charge in [-0.3, -0.25) is 14.4 Å². The first-order chi connectivity index (χ1) is 12.1. The number of hydrazone groups is 1. The Morgan fingerprint density at radius 1 is 1.28 bits per heavy atom. The number of hydrogen-bond acceptors (Lipinski definition) is 5. The number of piperidine rings is 2. The second kappa shape index (κ2) is 7.95. The van der Waals surface area contributed by atoms with Gasteiger partial charge in [-0.1, -0.05) is 0 Å². The predicted molar refractivity (Wildman–Crippen MR) is 90.7 cm³/mol. The van der Waals surface area contributed by atoms with Crippen molar-refractivity contribution in [2.75, 3.05) is 33.4 Å². The monoisotopic (exact) mass is 350 g/mol. The van der Waals surface area contributed by atoms with Crippen molar-refractivity contribution < 1.29 is 19.1 Å². The van der Waals surface area contributed by atoms with Crippen molar-refractivity contribution in [3.05, 3.63) is 0 Å². The van der Waals surface area contributed by atoms with E-state index in [9.17, 15) is 14.4 Å². The molecule has 25 heavy (non-hydrogen) atoms. The maximum absolute atomic E-state index is 12.6. The maximum Gasteiger partial charge on any atom is 0.270 e. The zero-order chi connectivity index (χ0) is 17.8. The van der Waals surface area contributed by atoms with Crippen LogP contribution in [-0.2, 0) is 19.1 Å². The molecule has 0 radical (unpaired) electrons. The average Bonchev–Trinajstić information content (AvgIpc) is 2.63. The Morgan fingerprint density at radius 2 is 2.12 bits per heavy atom. The predicted octanol–water partition coefficient (Wildman–Crippen LogP) is 0.128. The lowest BCUT2D eigenvalue weighted by Crippen LogP contribution is -2.58. The first kappa shape index (κ1) is 17.8. The minimum absolute atomic E-state index is 0.0821. The lowest BCUT2D eigenvalue weighted by molar-refractivity contribution is -0.142. The van der Waals surface area contributed by atoms with Crippen LogP contribution in [0.5, 0.6) is 0 Å². The van der Waals surface area contributed by atoms with E-state index in [1.165, 1.54) is 0 Å².